The number of aliphatic hydroxyl groups is 1. The van der Waals surface area contributed by atoms with E-state index in [-0.39, 0.29) is 13.0 Å². The van der Waals surface area contributed by atoms with Gasteiger partial charge in [0.1, 0.15) is 0 Å². The van der Waals surface area contributed by atoms with Crippen LogP contribution in [0.25, 0.3) is 0 Å². The second-order valence-corrected chi connectivity index (χ2v) is 8.52. The maximum Gasteiger partial charge on any atom is 0.307 e. The number of aliphatic hydroxyl groups excluding tert-OH is 1. The Hall–Kier alpha value is -3.27. The van der Waals surface area contributed by atoms with Crippen LogP contribution in [-0.2, 0) is 24.8 Å². The van der Waals surface area contributed by atoms with E-state index in [4.69, 9.17) is 28.3 Å². The topological polar surface area (TPSA) is 111 Å². The number of fused-ring (bicyclic) bond motifs is 1. The number of rotatable bonds is 6. The predicted octanol–water partition coefficient (Wildman–Crippen LogP) is 3.47. The standard InChI is InChI=1S/C22H21Cl2N5O4/c1-27-18-19(26-21(27)25-14-5-3-4-12(8-14)10-17(30)31)28(2)22(33)29(20(18)32)11-13-6-7-15(23)16(24)9-13/h3-9,22,33H,10-11H2,1-2H3,(H,25,26)(H,30,31). The van der Waals surface area contributed by atoms with E-state index < -0.39 is 18.2 Å². The maximum atomic E-state index is 13.3. The molecule has 172 valence electrons. The Morgan fingerprint density at radius 1 is 1.12 bits per heavy atom. The third-order valence-electron chi connectivity index (χ3n) is 5.37. The molecule has 4 rings (SSSR count). The van der Waals surface area contributed by atoms with Crippen LogP contribution in [0.4, 0.5) is 17.5 Å². The molecule has 0 spiro atoms. The van der Waals surface area contributed by atoms with Gasteiger partial charge in [0.25, 0.3) is 5.91 Å². The summed E-state index contributed by atoms with van der Waals surface area (Å²) in [5.41, 5.74) is 2.27. The fourth-order valence-corrected chi connectivity index (χ4v) is 4.01. The van der Waals surface area contributed by atoms with Gasteiger partial charge in [-0.25, -0.2) is 0 Å². The van der Waals surface area contributed by atoms with Crippen molar-refractivity contribution in [2.75, 3.05) is 17.3 Å². The van der Waals surface area contributed by atoms with Crippen molar-refractivity contribution >= 4 is 52.5 Å². The fraction of sp³-hybridized carbons (Fsp3) is 0.227. The number of carboxylic acids is 1. The molecule has 9 nitrogen and oxygen atoms in total. The Balaban J connectivity index is 1.63. The van der Waals surface area contributed by atoms with Gasteiger partial charge in [0.15, 0.2) is 11.5 Å². The molecule has 0 aliphatic carbocycles. The first-order valence-corrected chi connectivity index (χ1v) is 10.7. The molecular formula is C22H21Cl2N5O4. The number of anilines is 3. The molecule has 1 aliphatic rings. The van der Waals surface area contributed by atoms with Crippen LogP contribution in [0, 0.1) is 0 Å². The summed E-state index contributed by atoms with van der Waals surface area (Å²) in [6.07, 6.45) is -1.34. The van der Waals surface area contributed by atoms with E-state index in [9.17, 15) is 14.7 Å². The van der Waals surface area contributed by atoms with Crippen molar-refractivity contribution in [3.8, 4) is 0 Å². The molecule has 1 atom stereocenters. The van der Waals surface area contributed by atoms with E-state index >= 15 is 0 Å². The molecule has 1 aromatic heterocycles. The molecule has 1 unspecified atom stereocenters. The molecule has 1 aliphatic heterocycles. The monoisotopic (exact) mass is 489 g/mol. The first-order chi connectivity index (χ1) is 15.7. The lowest BCUT2D eigenvalue weighted by molar-refractivity contribution is -0.136. The quantitative estimate of drug-likeness (QED) is 0.485. The van der Waals surface area contributed by atoms with Crippen molar-refractivity contribution in [1.82, 2.24) is 14.5 Å². The van der Waals surface area contributed by atoms with Crippen LogP contribution in [0.2, 0.25) is 10.0 Å². The van der Waals surface area contributed by atoms with Gasteiger partial charge in [0.05, 0.1) is 23.0 Å². The highest BCUT2D eigenvalue weighted by atomic mass is 35.5. The van der Waals surface area contributed by atoms with Gasteiger partial charge in [-0.15, -0.1) is 0 Å². The van der Waals surface area contributed by atoms with Crippen LogP contribution in [0.1, 0.15) is 21.6 Å². The van der Waals surface area contributed by atoms with Crippen molar-refractivity contribution < 1.29 is 19.8 Å². The first-order valence-electron chi connectivity index (χ1n) is 9.96. The van der Waals surface area contributed by atoms with Crippen molar-refractivity contribution in [3.05, 3.63) is 69.3 Å². The van der Waals surface area contributed by atoms with Crippen molar-refractivity contribution in [2.45, 2.75) is 19.3 Å². The van der Waals surface area contributed by atoms with Gasteiger partial charge in [-0.05, 0) is 35.4 Å². The number of carbonyl (C=O) groups excluding carboxylic acids is 1. The average molecular weight is 490 g/mol. The lowest BCUT2D eigenvalue weighted by atomic mass is 10.1. The molecule has 2 heterocycles. The van der Waals surface area contributed by atoms with Gasteiger partial charge in [-0.1, -0.05) is 41.4 Å². The number of hydrogen-bond donors (Lipinski definition) is 3. The zero-order valence-electron chi connectivity index (χ0n) is 17.8. The summed E-state index contributed by atoms with van der Waals surface area (Å²) in [4.78, 5) is 31.6. The fourth-order valence-electron chi connectivity index (χ4n) is 3.69. The number of carbonyl (C=O) groups is 2. The number of nitrogens with zero attached hydrogens (tertiary/aromatic N) is 4. The smallest absolute Gasteiger partial charge is 0.307 e. The number of benzene rings is 2. The van der Waals surface area contributed by atoms with E-state index in [1.807, 2.05) is 0 Å². The van der Waals surface area contributed by atoms with Crippen molar-refractivity contribution in [1.29, 1.82) is 0 Å². The third-order valence-corrected chi connectivity index (χ3v) is 6.11. The summed E-state index contributed by atoms with van der Waals surface area (Å²) in [6, 6.07) is 12.0. The van der Waals surface area contributed by atoms with E-state index in [2.05, 4.69) is 10.3 Å². The minimum atomic E-state index is -1.24. The van der Waals surface area contributed by atoms with Crippen LogP contribution in [0.5, 0.6) is 0 Å². The van der Waals surface area contributed by atoms with E-state index in [0.717, 1.165) is 0 Å². The SMILES string of the molecule is CN1c2nc(Nc3cccc(CC(=O)O)c3)n(C)c2C(=O)N(Cc2ccc(Cl)c(Cl)c2)C1O. The minimum absolute atomic E-state index is 0.107. The average Bonchev–Trinajstić information content (AvgIpc) is 3.08. The number of nitrogens with one attached hydrogen (secondary N) is 1. The number of aromatic nitrogens is 2. The largest absolute Gasteiger partial charge is 0.481 e. The van der Waals surface area contributed by atoms with Crippen LogP contribution in [0.3, 0.4) is 0 Å². The molecule has 3 aromatic rings. The van der Waals surface area contributed by atoms with Gasteiger partial charge < -0.3 is 25.0 Å². The first kappa shape index (κ1) is 22.9. The van der Waals surface area contributed by atoms with Crippen LogP contribution < -0.4 is 10.2 Å². The molecule has 0 saturated carbocycles. The lowest BCUT2D eigenvalue weighted by Gasteiger charge is -2.38. The number of imidazole rings is 1. The molecule has 0 radical (unpaired) electrons. The van der Waals surface area contributed by atoms with E-state index in [1.165, 1.54) is 9.80 Å². The van der Waals surface area contributed by atoms with Crippen LogP contribution in [0.15, 0.2) is 42.5 Å². The molecule has 0 fully saturated rings. The second kappa shape index (κ2) is 8.93. The number of hydrogen-bond acceptors (Lipinski definition) is 6. The number of aliphatic carboxylic acids is 1. The van der Waals surface area contributed by atoms with Crippen LogP contribution >= 0.6 is 23.2 Å². The van der Waals surface area contributed by atoms with Crippen molar-refractivity contribution in [3.63, 3.8) is 0 Å². The highest BCUT2D eigenvalue weighted by molar-refractivity contribution is 6.42. The normalized spacial score (nSPS) is 15.5. The molecule has 1 amide bonds. The Labute approximate surface area is 199 Å². The van der Waals surface area contributed by atoms with Gasteiger partial charge in [0, 0.05) is 19.8 Å². The maximum absolute atomic E-state index is 13.3. The van der Waals surface area contributed by atoms with Gasteiger partial charge in [0.2, 0.25) is 12.3 Å². The molecular weight excluding hydrogens is 469 g/mol. The second-order valence-electron chi connectivity index (χ2n) is 7.70. The minimum Gasteiger partial charge on any atom is -0.481 e. The number of carboxylic acid groups (broad SMARTS) is 1. The predicted molar refractivity (Wildman–Crippen MR) is 125 cm³/mol. The summed E-state index contributed by atoms with van der Waals surface area (Å²) in [5.74, 6) is -0.631. The van der Waals surface area contributed by atoms with Crippen LogP contribution in [-0.4, -0.2) is 49.9 Å². The lowest BCUT2D eigenvalue weighted by Crippen LogP contribution is -2.53. The molecule has 33 heavy (non-hydrogen) atoms. The van der Waals surface area contributed by atoms with Gasteiger partial charge in [-0.2, -0.15) is 4.98 Å². The Morgan fingerprint density at radius 3 is 2.58 bits per heavy atom. The Kier molecular flexibility index (Phi) is 6.20. The Morgan fingerprint density at radius 2 is 1.88 bits per heavy atom. The summed E-state index contributed by atoms with van der Waals surface area (Å²) in [5, 5.41) is 23.7. The van der Waals surface area contributed by atoms with Crippen molar-refractivity contribution in [2.24, 2.45) is 7.05 Å². The molecule has 2 aromatic carbocycles. The molecule has 3 N–H and O–H groups in total. The summed E-state index contributed by atoms with van der Waals surface area (Å²) >= 11 is 12.1. The molecule has 0 bridgehead atoms. The van der Waals surface area contributed by atoms with E-state index in [1.54, 1.807) is 61.1 Å². The molecule has 0 saturated heterocycles. The summed E-state index contributed by atoms with van der Waals surface area (Å²) < 4.78 is 1.60. The number of halogens is 2. The third kappa shape index (κ3) is 4.47. The highest BCUT2D eigenvalue weighted by Gasteiger charge is 2.39. The Bertz CT molecular complexity index is 1250. The van der Waals surface area contributed by atoms with E-state index in [0.29, 0.717) is 44.3 Å². The highest BCUT2D eigenvalue weighted by Crippen LogP contribution is 2.33. The zero-order chi connectivity index (χ0) is 23.9. The molecule has 11 heteroatoms. The summed E-state index contributed by atoms with van der Waals surface area (Å²) in [7, 11) is 3.33. The van der Waals surface area contributed by atoms with Gasteiger partial charge in [-0.3, -0.25) is 14.5 Å². The number of amides is 1. The van der Waals surface area contributed by atoms with Gasteiger partial charge >= 0.3 is 5.97 Å². The zero-order valence-corrected chi connectivity index (χ0v) is 19.3. The summed E-state index contributed by atoms with van der Waals surface area (Å²) in [6.45, 7) is 0.117.